The minimum Gasteiger partial charge on any atom is -0.467 e. The van der Waals surface area contributed by atoms with Crippen molar-refractivity contribution in [2.75, 3.05) is 13.1 Å². The number of furan rings is 1. The molecule has 1 amide bonds. The highest BCUT2D eigenvalue weighted by molar-refractivity contribution is 7.20. The van der Waals surface area contributed by atoms with Gasteiger partial charge in [0.05, 0.1) is 16.5 Å². The van der Waals surface area contributed by atoms with Crippen LogP contribution < -0.4 is 4.74 Å². The lowest BCUT2D eigenvalue weighted by molar-refractivity contribution is 0.0590. The van der Waals surface area contributed by atoms with Gasteiger partial charge in [-0.15, -0.1) is 0 Å². The summed E-state index contributed by atoms with van der Waals surface area (Å²) in [4.78, 5) is 18.9. The molecule has 1 N–H and O–H groups in total. The molecule has 0 bridgehead atoms. The third-order valence-corrected chi connectivity index (χ3v) is 5.82. The van der Waals surface area contributed by atoms with Crippen molar-refractivity contribution in [3.8, 4) is 16.6 Å². The number of thiazole rings is 1. The first-order valence-corrected chi connectivity index (χ1v) is 10.1. The van der Waals surface area contributed by atoms with E-state index in [-0.39, 0.29) is 17.8 Å². The number of rotatable bonds is 4. The Balaban J connectivity index is 1.20. The lowest BCUT2D eigenvalue weighted by atomic mass is 10.1. The first-order valence-electron chi connectivity index (χ1n) is 9.27. The maximum atomic E-state index is 13.3. The van der Waals surface area contributed by atoms with E-state index in [9.17, 15) is 9.18 Å². The molecule has 29 heavy (non-hydrogen) atoms. The van der Waals surface area contributed by atoms with E-state index in [4.69, 9.17) is 9.15 Å². The van der Waals surface area contributed by atoms with Crippen LogP contribution in [-0.2, 0) is 0 Å². The molecule has 0 saturated carbocycles. The Morgan fingerprint density at radius 1 is 1.28 bits per heavy atom. The second-order valence-electron chi connectivity index (χ2n) is 6.85. The molecule has 0 aliphatic carbocycles. The Morgan fingerprint density at radius 3 is 2.93 bits per heavy atom. The monoisotopic (exact) mass is 412 g/mol. The highest BCUT2D eigenvalue weighted by atomic mass is 32.1. The third kappa shape index (κ3) is 3.61. The van der Waals surface area contributed by atoms with Crippen molar-refractivity contribution in [1.82, 2.24) is 20.1 Å². The van der Waals surface area contributed by atoms with E-state index >= 15 is 0 Å². The Bertz CT molecular complexity index is 1150. The molecule has 0 spiro atoms. The van der Waals surface area contributed by atoms with Crippen molar-refractivity contribution in [2.45, 2.75) is 18.9 Å². The molecular weight excluding hydrogens is 395 g/mol. The second-order valence-corrected chi connectivity index (χ2v) is 7.84. The molecule has 0 atom stereocenters. The molecule has 1 aliphatic rings. The number of fused-ring (bicyclic) bond motifs is 1. The standard InChI is InChI=1S/C20H17FN4O3S/c21-12-3-4-14-18(10-12)29-20(22-14)28-13-5-7-25(8-6-13)19(26)16-11-15(23-24-16)17-2-1-9-27-17/h1-4,9-11,13H,5-8H2,(H,23,24). The van der Waals surface area contributed by atoms with Crippen molar-refractivity contribution >= 4 is 27.5 Å². The fourth-order valence-electron chi connectivity index (χ4n) is 3.40. The zero-order valence-corrected chi connectivity index (χ0v) is 16.1. The molecule has 0 unspecified atom stereocenters. The lowest BCUT2D eigenvalue weighted by Gasteiger charge is -2.31. The van der Waals surface area contributed by atoms with Crippen LogP contribution >= 0.6 is 11.3 Å². The fraction of sp³-hybridized carbons (Fsp3) is 0.250. The minimum atomic E-state index is -0.284. The second kappa shape index (κ2) is 7.32. The summed E-state index contributed by atoms with van der Waals surface area (Å²) in [5.41, 5.74) is 1.76. The summed E-state index contributed by atoms with van der Waals surface area (Å²) in [6.45, 7) is 1.15. The van der Waals surface area contributed by atoms with Gasteiger partial charge in [0, 0.05) is 32.0 Å². The van der Waals surface area contributed by atoms with E-state index < -0.39 is 0 Å². The Labute approximate surface area is 169 Å². The normalized spacial score (nSPS) is 15.1. The zero-order valence-electron chi connectivity index (χ0n) is 15.3. The van der Waals surface area contributed by atoms with Gasteiger partial charge >= 0.3 is 0 Å². The number of H-pyrrole nitrogens is 1. The molecule has 0 radical (unpaired) electrons. The Morgan fingerprint density at radius 2 is 2.14 bits per heavy atom. The number of nitrogens with one attached hydrogen (secondary N) is 1. The van der Waals surface area contributed by atoms with Crippen LogP contribution in [0.25, 0.3) is 21.7 Å². The number of likely N-dealkylation sites (tertiary alicyclic amines) is 1. The van der Waals surface area contributed by atoms with Gasteiger partial charge in [0.2, 0.25) is 0 Å². The van der Waals surface area contributed by atoms with Gasteiger partial charge in [-0.05, 0) is 30.3 Å². The SMILES string of the molecule is O=C(c1cc(-c2ccco2)[nH]n1)N1CCC(Oc2nc3ccc(F)cc3s2)CC1. The number of hydrogen-bond acceptors (Lipinski definition) is 6. The molecule has 4 heterocycles. The number of hydrogen-bond donors (Lipinski definition) is 1. The summed E-state index contributed by atoms with van der Waals surface area (Å²) in [5.74, 6) is 0.237. The van der Waals surface area contributed by atoms with Crippen LogP contribution in [0.4, 0.5) is 4.39 Å². The summed E-state index contributed by atoms with van der Waals surface area (Å²) in [6.07, 6.45) is 2.95. The predicted octanol–water partition coefficient (Wildman–Crippen LogP) is 4.10. The summed E-state index contributed by atoms with van der Waals surface area (Å²) < 4.78 is 25.4. The Hall–Kier alpha value is -3.20. The molecule has 148 valence electrons. The maximum Gasteiger partial charge on any atom is 0.274 e. The molecule has 1 fully saturated rings. The number of piperidine rings is 1. The maximum absolute atomic E-state index is 13.3. The summed E-state index contributed by atoms with van der Waals surface area (Å²) >= 11 is 1.33. The van der Waals surface area contributed by atoms with Gasteiger partial charge < -0.3 is 14.1 Å². The average molecular weight is 412 g/mol. The largest absolute Gasteiger partial charge is 0.467 e. The zero-order chi connectivity index (χ0) is 19.8. The highest BCUT2D eigenvalue weighted by Gasteiger charge is 2.27. The number of amides is 1. The number of carbonyl (C=O) groups is 1. The van der Waals surface area contributed by atoms with E-state index in [2.05, 4.69) is 15.2 Å². The van der Waals surface area contributed by atoms with Crippen LogP contribution in [0.15, 0.2) is 47.1 Å². The van der Waals surface area contributed by atoms with Crippen molar-refractivity contribution in [2.24, 2.45) is 0 Å². The van der Waals surface area contributed by atoms with E-state index in [1.807, 2.05) is 0 Å². The Kier molecular flexibility index (Phi) is 4.51. The smallest absolute Gasteiger partial charge is 0.274 e. The third-order valence-electron chi connectivity index (χ3n) is 4.91. The minimum absolute atomic E-state index is 0.0256. The van der Waals surface area contributed by atoms with E-state index in [1.54, 1.807) is 35.4 Å². The number of aromatic amines is 1. The number of nitrogens with zero attached hydrogens (tertiary/aromatic N) is 3. The fourth-order valence-corrected chi connectivity index (χ4v) is 4.30. The topological polar surface area (TPSA) is 84.2 Å². The quantitative estimate of drug-likeness (QED) is 0.546. The number of aromatic nitrogens is 3. The van der Waals surface area contributed by atoms with E-state index in [0.717, 1.165) is 10.2 Å². The van der Waals surface area contributed by atoms with E-state index in [1.165, 1.54) is 23.5 Å². The van der Waals surface area contributed by atoms with E-state index in [0.29, 0.717) is 48.3 Å². The van der Waals surface area contributed by atoms with Gasteiger partial charge in [-0.1, -0.05) is 11.3 Å². The van der Waals surface area contributed by atoms with Crippen LogP contribution in [0.5, 0.6) is 5.19 Å². The molecule has 1 aromatic carbocycles. The number of halogens is 1. The molecule has 3 aromatic heterocycles. The summed E-state index contributed by atoms with van der Waals surface area (Å²) in [7, 11) is 0. The number of benzene rings is 1. The molecule has 5 rings (SSSR count). The predicted molar refractivity (Wildman–Crippen MR) is 105 cm³/mol. The van der Waals surface area contributed by atoms with Gasteiger partial charge in [-0.25, -0.2) is 9.37 Å². The first kappa shape index (κ1) is 17.9. The van der Waals surface area contributed by atoms with Gasteiger partial charge in [-0.3, -0.25) is 9.89 Å². The molecule has 7 nitrogen and oxygen atoms in total. The molecular formula is C20H17FN4O3S. The van der Waals surface area contributed by atoms with Crippen LogP contribution in [0.3, 0.4) is 0 Å². The van der Waals surface area contributed by atoms with Crippen LogP contribution in [0, 0.1) is 5.82 Å². The lowest BCUT2D eigenvalue weighted by Crippen LogP contribution is -2.41. The molecule has 9 heteroatoms. The van der Waals surface area contributed by atoms with Crippen molar-refractivity contribution in [3.05, 3.63) is 54.2 Å². The highest BCUT2D eigenvalue weighted by Crippen LogP contribution is 2.30. The van der Waals surface area contributed by atoms with Gasteiger partial charge in [-0.2, -0.15) is 5.10 Å². The van der Waals surface area contributed by atoms with Gasteiger partial charge in [0.1, 0.15) is 17.6 Å². The van der Waals surface area contributed by atoms with Crippen molar-refractivity contribution < 1.29 is 18.3 Å². The number of ether oxygens (including phenoxy) is 1. The van der Waals surface area contributed by atoms with Crippen LogP contribution in [0.1, 0.15) is 23.3 Å². The average Bonchev–Trinajstić information content (AvgIpc) is 3.47. The van der Waals surface area contributed by atoms with Crippen molar-refractivity contribution in [1.29, 1.82) is 0 Å². The molecule has 1 aliphatic heterocycles. The number of carbonyl (C=O) groups excluding carboxylic acids is 1. The van der Waals surface area contributed by atoms with Crippen LogP contribution in [-0.4, -0.2) is 45.2 Å². The first-order chi connectivity index (χ1) is 14.2. The van der Waals surface area contributed by atoms with Crippen molar-refractivity contribution in [3.63, 3.8) is 0 Å². The summed E-state index contributed by atoms with van der Waals surface area (Å²) in [5, 5.41) is 7.49. The van der Waals surface area contributed by atoms with Gasteiger partial charge in [0.15, 0.2) is 11.5 Å². The molecule has 4 aromatic rings. The van der Waals surface area contributed by atoms with Gasteiger partial charge in [0.25, 0.3) is 11.1 Å². The molecule has 1 saturated heterocycles. The van der Waals surface area contributed by atoms with Crippen LogP contribution in [0.2, 0.25) is 0 Å². The summed E-state index contributed by atoms with van der Waals surface area (Å²) in [6, 6.07) is 9.79.